The monoisotopic (exact) mass is 230 g/mol. The van der Waals surface area contributed by atoms with Gasteiger partial charge in [0.25, 0.3) is 5.92 Å². The second kappa shape index (κ2) is 5.03. The summed E-state index contributed by atoms with van der Waals surface area (Å²) in [6.07, 6.45) is 2.53. The average molecular weight is 230 g/mol. The van der Waals surface area contributed by atoms with Crippen LogP contribution in [0.1, 0.15) is 19.8 Å². The lowest BCUT2D eigenvalue weighted by atomic mass is 9.99. The van der Waals surface area contributed by atoms with Crippen LogP contribution >= 0.6 is 0 Å². The zero-order valence-electron chi connectivity index (χ0n) is 9.22. The fourth-order valence-electron chi connectivity index (χ4n) is 1.44. The first-order valence-electron chi connectivity index (χ1n) is 5.03. The molecule has 0 radical (unpaired) electrons. The molecule has 5 heteroatoms. The van der Waals surface area contributed by atoms with Crippen molar-refractivity contribution in [2.75, 3.05) is 6.61 Å². The number of halogens is 2. The van der Waals surface area contributed by atoms with Crippen molar-refractivity contribution >= 4 is 0 Å². The van der Waals surface area contributed by atoms with E-state index in [0.29, 0.717) is 12.8 Å². The van der Waals surface area contributed by atoms with Crippen molar-refractivity contribution in [1.29, 1.82) is 0 Å². The Labute approximate surface area is 93.6 Å². The molecule has 1 aliphatic heterocycles. The third-order valence-electron chi connectivity index (χ3n) is 2.44. The van der Waals surface area contributed by atoms with Crippen LogP contribution in [0.5, 0.6) is 0 Å². The molecule has 0 fully saturated rings. The number of rotatable bonds is 4. The molecule has 0 aromatic rings. The summed E-state index contributed by atoms with van der Waals surface area (Å²) in [7, 11) is 0. The number of hydrogen-bond donors (Lipinski definition) is 2. The van der Waals surface area contributed by atoms with E-state index in [1.165, 1.54) is 0 Å². The van der Waals surface area contributed by atoms with Crippen molar-refractivity contribution in [2.45, 2.75) is 31.7 Å². The maximum atomic E-state index is 12.9. The molecule has 0 aliphatic carbocycles. The zero-order valence-corrected chi connectivity index (χ0v) is 9.22. The van der Waals surface area contributed by atoms with E-state index in [1.54, 1.807) is 6.20 Å². The summed E-state index contributed by atoms with van der Waals surface area (Å²) < 4.78 is 31.0. The molecule has 16 heavy (non-hydrogen) atoms. The second-order valence-electron chi connectivity index (χ2n) is 3.85. The molecule has 1 heterocycles. The maximum Gasteiger partial charge on any atom is 0.265 e. The predicted molar refractivity (Wildman–Crippen MR) is 57.7 cm³/mol. The molecule has 0 bridgehead atoms. The summed E-state index contributed by atoms with van der Waals surface area (Å²) in [5.74, 6) is -2.59. The summed E-state index contributed by atoms with van der Waals surface area (Å²) in [4.78, 5) is 0. The van der Waals surface area contributed by atoms with E-state index in [-0.39, 0.29) is 12.5 Å². The Balaban J connectivity index is 2.44. The number of nitrogens with two attached hydrogens (primary N) is 1. The van der Waals surface area contributed by atoms with Crippen molar-refractivity contribution in [1.82, 2.24) is 5.32 Å². The summed E-state index contributed by atoms with van der Waals surface area (Å²) in [5.41, 5.74) is 8.63. The second-order valence-corrected chi connectivity index (χ2v) is 3.85. The van der Waals surface area contributed by atoms with E-state index >= 15 is 0 Å². The van der Waals surface area contributed by atoms with Gasteiger partial charge >= 0.3 is 0 Å². The molecule has 1 atom stereocenters. The first-order chi connectivity index (χ1) is 7.43. The minimum Gasteiger partial charge on any atom is -0.469 e. The molecular formula is C11H16F2N2O. The normalized spacial score (nSPS) is 20.4. The molecule has 1 aliphatic rings. The minimum absolute atomic E-state index is 0.115. The van der Waals surface area contributed by atoms with Crippen molar-refractivity contribution in [3.63, 3.8) is 0 Å². The SMILES string of the molecule is C=C=C(N)OCC1=CN[C@H](C(C)(F)F)CC1. The Bertz CT molecular complexity index is 327. The zero-order chi connectivity index (χ0) is 12.2. The van der Waals surface area contributed by atoms with Crippen LogP contribution in [-0.4, -0.2) is 18.6 Å². The topological polar surface area (TPSA) is 47.3 Å². The van der Waals surface area contributed by atoms with Gasteiger partial charge in [0.05, 0.1) is 6.04 Å². The molecule has 1 rings (SSSR count). The Morgan fingerprint density at radius 3 is 2.94 bits per heavy atom. The highest BCUT2D eigenvalue weighted by atomic mass is 19.3. The minimum atomic E-state index is -2.71. The van der Waals surface area contributed by atoms with Gasteiger partial charge in [0, 0.05) is 6.92 Å². The van der Waals surface area contributed by atoms with Crippen LogP contribution in [0.2, 0.25) is 0 Å². The van der Waals surface area contributed by atoms with Gasteiger partial charge in [-0.05, 0) is 24.6 Å². The van der Waals surface area contributed by atoms with Gasteiger partial charge in [0.15, 0.2) is 0 Å². The van der Waals surface area contributed by atoms with Crippen LogP contribution in [0, 0.1) is 0 Å². The number of hydrogen-bond acceptors (Lipinski definition) is 3. The molecule has 3 nitrogen and oxygen atoms in total. The van der Waals surface area contributed by atoms with Crippen molar-refractivity contribution in [2.24, 2.45) is 5.73 Å². The number of alkyl halides is 2. The summed E-state index contributed by atoms with van der Waals surface area (Å²) >= 11 is 0. The highest BCUT2D eigenvalue weighted by Gasteiger charge is 2.34. The molecule has 0 aromatic heterocycles. The van der Waals surface area contributed by atoms with Gasteiger partial charge < -0.3 is 15.8 Å². The van der Waals surface area contributed by atoms with Crippen LogP contribution < -0.4 is 11.1 Å². The van der Waals surface area contributed by atoms with Crippen LogP contribution in [-0.2, 0) is 4.74 Å². The first kappa shape index (κ1) is 12.6. The largest absolute Gasteiger partial charge is 0.469 e. The van der Waals surface area contributed by atoms with E-state index in [4.69, 9.17) is 10.5 Å². The Morgan fingerprint density at radius 2 is 2.50 bits per heavy atom. The lowest BCUT2D eigenvalue weighted by Crippen LogP contribution is -2.42. The molecule has 0 saturated heterocycles. The van der Waals surface area contributed by atoms with E-state index in [0.717, 1.165) is 12.5 Å². The maximum absolute atomic E-state index is 12.9. The van der Waals surface area contributed by atoms with Gasteiger partial charge in [-0.25, -0.2) is 8.78 Å². The molecule has 0 unspecified atom stereocenters. The van der Waals surface area contributed by atoms with Crippen LogP contribution in [0.4, 0.5) is 8.78 Å². The van der Waals surface area contributed by atoms with Gasteiger partial charge in [-0.2, -0.15) is 0 Å². The molecule has 0 spiro atoms. The predicted octanol–water partition coefficient (Wildman–Crippen LogP) is 1.88. The summed E-state index contributed by atoms with van der Waals surface area (Å²) in [6.45, 7) is 4.52. The lowest BCUT2D eigenvalue weighted by Gasteiger charge is -2.28. The fraction of sp³-hybridized carbons (Fsp3) is 0.545. The van der Waals surface area contributed by atoms with E-state index in [2.05, 4.69) is 17.6 Å². The smallest absolute Gasteiger partial charge is 0.265 e. The van der Waals surface area contributed by atoms with Gasteiger partial charge in [0.1, 0.15) is 6.61 Å². The van der Waals surface area contributed by atoms with E-state index in [1.807, 2.05) is 0 Å². The van der Waals surface area contributed by atoms with Gasteiger partial charge in [-0.3, -0.25) is 0 Å². The standard InChI is InChI=1S/C11H16F2N2O/c1-3-10(14)16-7-8-4-5-9(15-6-8)11(2,12)13/h6,9,15H,1,4-5,7,14H2,2H3/t9-/m0/s1. The number of ether oxygens (including phenoxy) is 1. The van der Waals surface area contributed by atoms with E-state index in [9.17, 15) is 8.78 Å². The molecular weight excluding hydrogens is 214 g/mol. The highest BCUT2D eigenvalue weighted by Crippen LogP contribution is 2.25. The van der Waals surface area contributed by atoms with Gasteiger partial charge in [0.2, 0.25) is 5.88 Å². The average Bonchev–Trinajstić information content (AvgIpc) is 2.25. The molecule has 0 amide bonds. The summed E-state index contributed by atoms with van der Waals surface area (Å²) in [5, 5.41) is 2.67. The highest BCUT2D eigenvalue weighted by molar-refractivity contribution is 5.08. The Morgan fingerprint density at radius 1 is 1.81 bits per heavy atom. The van der Waals surface area contributed by atoms with Crippen molar-refractivity contribution in [3.05, 3.63) is 30.0 Å². The lowest BCUT2D eigenvalue weighted by molar-refractivity contribution is -0.0186. The van der Waals surface area contributed by atoms with Gasteiger partial charge in [-0.1, -0.05) is 12.3 Å². The molecule has 90 valence electrons. The molecule has 3 N–H and O–H groups in total. The quantitative estimate of drug-likeness (QED) is 0.572. The van der Waals surface area contributed by atoms with Crippen LogP contribution in [0.25, 0.3) is 0 Å². The third kappa shape index (κ3) is 3.59. The number of nitrogens with one attached hydrogen (secondary N) is 1. The van der Waals surface area contributed by atoms with E-state index < -0.39 is 12.0 Å². The third-order valence-corrected chi connectivity index (χ3v) is 2.44. The fourth-order valence-corrected chi connectivity index (χ4v) is 1.44. The van der Waals surface area contributed by atoms with Crippen LogP contribution in [0.3, 0.4) is 0 Å². The summed E-state index contributed by atoms with van der Waals surface area (Å²) in [6, 6.07) is -0.802. The first-order valence-corrected chi connectivity index (χ1v) is 5.03. The molecule has 0 aromatic carbocycles. The van der Waals surface area contributed by atoms with Crippen LogP contribution in [0.15, 0.2) is 30.0 Å². The van der Waals surface area contributed by atoms with Crippen molar-refractivity contribution < 1.29 is 13.5 Å². The Kier molecular flexibility index (Phi) is 3.96. The Hall–Kier alpha value is -1.48. The van der Waals surface area contributed by atoms with Crippen molar-refractivity contribution in [3.8, 4) is 0 Å². The molecule has 0 saturated carbocycles. The van der Waals surface area contributed by atoms with Gasteiger partial charge in [-0.15, -0.1) is 0 Å².